The van der Waals surface area contributed by atoms with Crippen LogP contribution in [0.1, 0.15) is 68.0 Å². The maximum Gasteiger partial charge on any atom is 0.491 e. The first kappa shape index (κ1) is 61.9. The van der Waals surface area contributed by atoms with Gasteiger partial charge in [-0.2, -0.15) is 30.7 Å². The number of aliphatic hydroxyl groups excluding tert-OH is 3. The Labute approximate surface area is 471 Å². The third-order valence-electron chi connectivity index (χ3n) is 11.4. The smallest absolute Gasteiger partial charge is 0.473 e. The van der Waals surface area contributed by atoms with Gasteiger partial charge < -0.3 is 77.2 Å². The third-order valence-corrected chi connectivity index (χ3v) is 11.4. The number of aliphatic hydroxyl groups is 3. The fraction of sp³-hybridized carbons (Fsp3) is 0.278. The molecule has 0 spiro atoms. The van der Waals surface area contributed by atoms with E-state index < -0.39 is 64.4 Å². The van der Waals surface area contributed by atoms with Crippen LogP contribution in [0.15, 0.2) is 91.0 Å². The molecular weight excluding hydrogens is 1070 g/mol. The first-order chi connectivity index (χ1) is 39.4. The lowest BCUT2D eigenvalue weighted by Gasteiger charge is -2.35. The third kappa shape index (κ3) is 17.4. The van der Waals surface area contributed by atoms with Gasteiger partial charge in [-0.1, -0.05) is 18.2 Å². The molecule has 3 heterocycles. The second-order valence-corrected chi connectivity index (χ2v) is 17.7. The van der Waals surface area contributed by atoms with Crippen LogP contribution in [-0.4, -0.2) is 125 Å². The average molecular weight is 1120 g/mol. The van der Waals surface area contributed by atoms with Gasteiger partial charge in [0.05, 0.1) is 25.3 Å². The Morgan fingerprint density at radius 2 is 0.817 bits per heavy atom. The molecule has 3 aromatic heterocycles. The fourth-order valence-electron chi connectivity index (χ4n) is 7.67. The van der Waals surface area contributed by atoms with E-state index in [-0.39, 0.29) is 142 Å². The molecule has 0 bridgehead atoms. The molecule has 0 atom stereocenters. The van der Waals surface area contributed by atoms with Crippen LogP contribution < -0.4 is 44.8 Å². The number of ether oxygens (including phenoxy) is 9. The number of carbonyl (C=O) groups excluding carboxylic acids is 3. The summed E-state index contributed by atoms with van der Waals surface area (Å²) in [7, 11) is -3.68. The van der Waals surface area contributed by atoms with Crippen LogP contribution in [0.5, 0.6) is 52.5 Å². The molecular formula is C54H53B3N6O19. The van der Waals surface area contributed by atoms with Gasteiger partial charge in [-0.15, -0.1) is 0 Å². The van der Waals surface area contributed by atoms with Crippen LogP contribution in [0.3, 0.4) is 0 Å². The molecule has 0 radical (unpaired) electrons. The van der Waals surface area contributed by atoms with Crippen LogP contribution in [0.2, 0.25) is 0 Å². The van der Waals surface area contributed by atoms with Gasteiger partial charge in [0.15, 0.2) is 0 Å². The molecule has 0 aliphatic heterocycles. The lowest BCUT2D eigenvalue weighted by Crippen LogP contribution is -2.61. The van der Waals surface area contributed by atoms with E-state index in [9.17, 15) is 55.5 Å². The maximum absolute atomic E-state index is 12.0. The van der Waals surface area contributed by atoms with E-state index in [1.54, 1.807) is 0 Å². The van der Waals surface area contributed by atoms with Crippen molar-refractivity contribution >= 4 is 55.4 Å². The first-order valence-corrected chi connectivity index (χ1v) is 24.8. The predicted molar refractivity (Wildman–Crippen MR) is 287 cm³/mol. The highest BCUT2D eigenvalue weighted by Gasteiger charge is 2.45. The summed E-state index contributed by atoms with van der Waals surface area (Å²) in [5, 5.41) is 84.8. The summed E-state index contributed by atoms with van der Waals surface area (Å²) in [5.41, 5.74) is -0.658. The first-order valence-electron chi connectivity index (χ1n) is 24.8. The SMILES string of the molecule is CC(=O)OCCOc1nc(Oc2ccc(B(O)OB(c3ccc(Oc4ccc(C#N)c(OCCOC(C)=O)n4)cc3CO)C(C)(C)OB(O)c3ccc(Oc4ccc(C#N)c(OCCOC(C)=O)n4)cc3CO)c(CO)c2)ccc1C#N. The Bertz CT molecular complexity index is 3370. The summed E-state index contributed by atoms with van der Waals surface area (Å²) < 4.78 is 62.1. The topological polar surface area (TPSA) is 364 Å². The van der Waals surface area contributed by atoms with Crippen molar-refractivity contribution < 1.29 is 91.6 Å². The number of aromatic nitrogens is 3. The molecule has 0 fully saturated rings. The maximum atomic E-state index is 12.0. The number of hydrogen-bond acceptors (Lipinski definition) is 25. The van der Waals surface area contributed by atoms with Crippen LogP contribution in [0, 0.1) is 34.0 Å². The highest BCUT2D eigenvalue weighted by Crippen LogP contribution is 2.30. The highest BCUT2D eigenvalue weighted by molar-refractivity contribution is 6.79. The van der Waals surface area contributed by atoms with Crippen LogP contribution in [0.4, 0.5) is 0 Å². The minimum atomic E-state index is -1.86. The van der Waals surface area contributed by atoms with Gasteiger partial charge >= 0.3 is 39.1 Å². The van der Waals surface area contributed by atoms with E-state index in [1.807, 2.05) is 18.2 Å². The van der Waals surface area contributed by atoms with Crippen molar-refractivity contribution in [2.24, 2.45) is 0 Å². The quantitative estimate of drug-likeness (QED) is 0.0195. The summed E-state index contributed by atoms with van der Waals surface area (Å²) in [6.07, 6.45) is 0. The number of nitriles is 3. The number of hydrogen-bond donors (Lipinski definition) is 5. The molecule has 0 aliphatic rings. The number of esters is 3. The zero-order chi connectivity index (χ0) is 59.3. The Balaban J connectivity index is 1.30. The minimum Gasteiger partial charge on any atom is -0.473 e. The van der Waals surface area contributed by atoms with Crippen LogP contribution in [-0.2, 0) is 57.6 Å². The summed E-state index contributed by atoms with van der Waals surface area (Å²) in [5.74, 6) is -1.45. The summed E-state index contributed by atoms with van der Waals surface area (Å²) in [4.78, 5) is 46.4. The Hall–Kier alpha value is -9.30. The van der Waals surface area contributed by atoms with Gasteiger partial charge in [0.1, 0.15) is 91.8 Å². The van der Waals surface area contributed by atoms with Crippen molar-refractivity contribution in [1.82, 2.24) is 15.0 Å². The number of nitrogens with zero attached hydrogens (tertiary/aromatic N) is 6. The van der Waals surface area contributed by atoms with Gasteiger partial charge in [0.25, 0.3) is 0 Å². The Kier molecular flexibility index (Phi) is 22.5. The molecule has 422 valence electrons. The van der Waals surface area contributed by atoms with E-state index in [0.29, 0.717) is 0 Å². The molecule has 0 saturated carbocycles. The molecule has 0 unspecified atom stereocenters. The second-order valence-electron chi connectivity index (χ2n) is 17.7. The average Bonchev–Trinajstić information content (AvgIpc) is 3.51. The predicted octanol–water partition coefficient (Wildman–Crippen LogP) is 2.49. The zero-order valence-corrected chi connectivity index (χ0v) is 44.9. The lowest BCUT2D eigenvalue weighted by atomic mass is 9.45. The number of benzene rings is 3. The van der Waals surface area contributed by atoms with Gasteiger partial charge in [-0.25, -0.2) is 0 Å². The van der Waals surface area contributed by atoms with Gasteiger partial charge in [-0.3, -0.25) is 14.4 Å². The summed E-state index contributed by atoms with van der Waals surface area (Å²) in [6, 6.07) is 27.4. The molecule has 5 N–H and O–H groups in total. The van der Waals surface area contributed by atoms with E-state index in [2.05, 4.69) is 15.0 Å². The van der Waals surface area contributed by atoms with E-state index in [1.165, 1.54) is 126 Å². The lowest BCUT2D eigenvalue weighted by molar-refractivity contribution is -0.142. The largest absolute Gasteiger partial charge is 0.491 e. The number of pyridine rings is 3. The van der Waals surface area contributed by atoms with Gasteiger partial charge in [0.2, 0.25) is 35.3 Å². The van der Waals surface area contributed by atoms with E-state index in [0.717, 1.165) is 0 Å². The standard InChI is InChI=1S/C54H53B3N6O19/c1-33(67)72-18-21-75-51-36(27-58)6-15-48(61-51)78-42-9-12-45(39(24-42)30-64)55(82-57(71)47-14-11-44(26-41(47)32-66)80-50-17-8-38(29-60)53(63-50)77-23-20-74-35(3)69)54(4,5)81-56(70)46-13-10-43(25-40(46)31-65)79-49-16-7-37(28-59)52(62-49)76-22-19-73-34(2)68/h6-17,24-26,64-66,70-71H,18-23,30-32H2,1-5H3. The molecule has 28 heteroatoms. The van der Waals surface area contributed by atoms with Crippen LogP contribution >= 0.6 is 0 Å². The minimum absolute atomic E-state index is 0.00453. The Morgan fingerprint density at radius 3 is 1.15 bits per heavy atom. The zero-order valence-electron chi connectivity index (χ0n) is 44.9. The Morgan fingerprint density at radius 1 is 0.488 bits per heavy atom. The van der Waals surface area contributed by atoms with Crippen molar-refractivity contribution in [3.8, 4) is 70.7 Å². The van der Waals surface area contributed by atoms with Crippen molar-refractivity contribution in [1.29, 1.82) is 15.8 Å². The molecule has 6 rings (SSSR count). The monoisotopic (exact) mass is 1120 g/mol. The summed E-state index contributed by atoms with van der Waals surface area (Å²) in [6.45, 7) is 2.85. The number of carbonyl (C=O) groups is 3. The molecule has 3 aromatic carbocycles. The highest BCUT2D eigenvalue weighted by atomic mass is 16.6. The second kappa shape index (κ2) is 29.8. The van der Waals surface area contributed by atoms with Crippen molar-refractivity contribution in [3.05, 3.63) is 124 Å². The molecule has 25 nitrogen and oxygen atoms in total. The van der Waals surface area contributed by atoms with Crippen molar-refractivity contribution in [2.45, 2.75) is 59.9 Å². The van der Waals surface area contributed by atoms with Crippen LogP contribution in [0.25, 0.3) is 0 Å². The fourth-order valence-corrected chi connectivity index (χ4v) is 7.67. The summed E-state index contributed by atoms with van der Waals surface area (Å²) >= 11 is 0. The van der Waals surface area contributed by atoms with Gasteiger partial charge in [-0.05, 0) is 102 Å². The van der Waals surface area contributed by atoms with E-state index >= 15 is 0 Å². The van der Waals surface area contributed by atoms with Gasteiger partial charge in [0, 0.05) is 39.0 Å². The van der Waals surface area contributed by atoms with Crippen molar-refractivity contribution in [3.63, 3.8) is 0 Å². The molecule has 6 aromatic rings. The normalized spacial score (nSPS) is 10.7. The van der Waals surface area contributed by atoms with Crippen molar-refractivity contribution in [2.75, 3.05) is 39.6 Å². The molecule has 0 saturated heterocycles. The number of rotatable bonds is 29. The molecule has 0 aliphatic carbocycles. The molecule has 0 amide bonds. The van der Waals surface area contributed by atoms with E-state index in [4.69, 9.17) is 51.9 Å². The molecule has 82 heavy (non-hydrogen) atoms.